The van der Waals surface area contributed by atoms with Crippen molar-refractivity contribution in [3.8, 4) is 11.5 Å². The van der Waals surface area contributed by atoms with Gasteiger partial charge in [0.05, 0.1) is 11.4 Å². The molecule has 1 fully saturated rings. The molecule has 4 nitrogen and oxygen atoms in total. The van der Waals surface area contributed by atoms with Crippen LogP contribution in [0.3, 0.4) is 0 Å². The summed E-state index contributed by atoms with van der Waals surface area (Å²) in [5.41, 5.74) is 1.10. The van der Waals surface area contributed by atoms with Gasteiger partial charge in [0.2, 0.25) is 6.79 Å². The predicted octanol–water partition coefficient (Wildman–Crippen LogP) is 3.56. The van der Waals surface area contributed by atoms with E-state index in [9.17, 15) is 4.79 Å². The number of hydrogen-bond acceptors (Lipinski definition) is 4. The zero-order chi connectivity index (χ0) is 14.2. The standard InChI is InChI=1S/C14H15ClO4S/c15-10-3-9(4-11-13(10)19-8-18-11)6-20-7-14(1-2-14)5-12(16)17/h3-4H,1-2,5-8H2,(H,16,17). The molecule has 0 bridgehead atoms. The first-order chi connectivity index (χ1) is 9.58. The third kappa shape index (κ3) is 2.99. The molecule has 0 unspecified atom stereocenters. The Morgan fingerprint density at radius 3 is 2.90 bits per heavy atom. The van der Waals surface area contributed by atoms with Gasteiger partial charge in [-0.15, -0.1) is 0 Å². The summed E-state index contributed by atoms with van der Waals surface area (Å²) in [5.74, 6) is 2.29. The first kappa shape index (κ1) is 13.9. The van der Waals surface area contributed by atoms with E-state index < -0.39 is 5.97 Å². The molecule has 1 saturated carbocycles. The number of rotatable bonds is 6. The van der Waals surface area contributed by atoms with E-state index in [2.05, 4.69) is 0 Å². The Balaban J connectivity index is 1.57. The minimum absolute atomic E-state index is 0.0244. The fraction of sp³-hybridized carbons (Fsp3) is 0.500. The number of thioether (sulfide) groups is 1. The monoisotopic (exact) mass is 314 g/mol. The molecule has 0 spiro atoms. The molecule has 3 rings (SSSR count). The molecular formula is C14H15ClO4S. The number of halogens is 1. The van der Waals surface area contributed by atoms with Crippen molar-refractivity contribution in [1.82, 2.24) is 0 Å². The van der Waals surface area contributed by atoms with Crippen molar-refractivity contribution >= 4 is 29.3 Å². The van der Waals surface area contributed by atoms with Gasteiger partial charge in [0, 0.05) is 5.75 Å². The molecule has 1 aromatic rings. The van der Waals surface area contributed by atoms with Crippen LogP contribution in [-0.4, -0.2) is 23.6 Å². The maximum Gasteiger partial charge on any atom is 0.303 e. The Morgan fingerprint density at radius 1 is 1.40 bits per heavy atom. The van der Waals surface area contributed by atoms with Gasteiger partial charge in [-0.1, -0.05) is 11.6 Å². The maximum absolute atomic E-state index is 10.8. The lowest BCUT2D eigenvalue weighted by Crippen LogP contribution is -2.11. The molecular weight excluding hydrogens is 300 g/mol. The van der Waals surface area contributed by atoms with Crippen LogP contribution < -0.4 is 9.47 Å². The molecule has 2 aliphatic rings. The highest BCUT2D eigenvalue weighted by atomic mass is 35.5. The SMILES string of the molecule is O=C(O)CC1(CSCc2cc(Cl)c3c(c2)OCO3)CC1. The van der Waals surface area contributed by atoms with Crippen LogP contribution in [0.15, 0.2) is 12.1 Å². The van der Waals surface area contributed by atoms with Crippen LogP contribution in [0.2, 0.25) is 5.02 Å². The fourth-order valence-corrected chi connectivity index (χ4v) is 3.98. The lowest BCUT2D eigenvalue weighted by atomic mass is 10.1. The Morgan fingerprint density at radius 2 is 2.20 bits per heavy atom. The second kappa shape index (κ2) is 5.37. The number of aliphatic carboxylic acids is 1. The summed E-state index contributed by atoms with van der Waals surface area (Å²) in [6.45, 7) is 0.216. The van der Waals surface area contributed by atoms with Gasteiger partial charge in [0.15, 0.2) is 11.5 Å². The maximum atomic E-state index is 10.8. The van der Waals surface area contributed by atoms with Crippen LogP contribution in [0.25, 0.3) is 0 Å². The topological polar surface area (TPSA) is 55.8 Å². The summed E-state index contributed by atoms with van der Waals surface area (Å²) in [7, 11) is 0. The van der Waals surface area contributed by atoms with Gasteiger partial charge in [0.25, 0.3) is 0 Å². The van der Waals surface area contributed by atoms with Crippen molar-refractivity contribution in [3.63, 3.8) is 0 Å². The molecule has 6 heteroatoms. The van der Waals surface area contributed by atoms with Crippen molar-refractivity contribution in [2.24, 2.45) is 5.41 Å². The molecule has 1 N–H and O–H groups in total. The van der Waals surface area contributed by atoms with E-state index in [1.807, 2.05) is 12.1 Å². The van der Waals surface area contributed by atoms with Gasteiger partial charge in [-0.25, -0.2) is 0 Å². The number of carboxylic acid groups (broad SMARTS) is 1. The van der Waals surface area contributed by atoms with E-state index in [4.69, 9.17) is 26.2 Å². The first-order valence-corrected chi connectivity index (χ1v) is 7.99. The fourth-order valence-electron chi connectivity index (χ4n) is 2.36. The van der Waals surface area contributed by atoms with E-state index in [-0.39, 0.29) is 18.6 Å². The molecule has 1 aliphatic heterocycles. The van der Waals surface area contributed by atoms with Gasteiger partial charge in [-0.3, -0.25) is 4.79 Å². The quantitative estimate of drug-likeness (QED) is 0.870. The van der Waals surface area contributed by atoms with Crippen LogP contribution >= 0.6 is 23.4 Å². The van der Waals surface area contributed by atoms with Crippen LogP contribution in [0, 0.1) is 5.41 Å². The van der Waals surface area contributed by atoms with Crippen LogP contribution in [0.4, 0.5) is 0 Å². The van der Waals surface area contributed by atoms with Crippen molar-refractivity contribution in [2.75, 3.05) is 12.5 Å². The molecule has 1 aliphatic carbocycles. The minimum atomic E-state index is -0.700. The molecule has 108 valence electrons. The Bertz CT molecular complexity index is 542. The molecule has 0 aromatic heterocycles. The van der Waals surface area contributed by atoms with Gasteiger partial charge in [0.1, 0.15) is 0 Å². The molecule has 0 saturated heterocycles. The number of fused-ring (bicyclic) bond motifs is 1. The average Bonchev–Trinajstić information content (AvgIpc) is 2.95. The summed E-state index contributed by atoms with van der Waals surface area (Å²) in [6.07, 6.45) is 2.32. The Hall–Kier alpha value is -1.07. The Labute approximate surface area is 126 Å². The van der Waals surface area contributed by atoms with Crippen LogP contribution in [0.5, 0.6) is 11.5 Å². The molecule has 20 heavy (non-hydrogen) atoms. The van der Waals surface area contributed by atoms with Crippen molar-refractivity contribution in [1.29, 1.82) is 0 Å². The van der Waals surface area contributed by atoms with Crippen molar-refractivity contribution < 1.29 is 19.4 Å². The Kier molecular flexibility index (Phi) is 3.73. The molecule has 1 aromatic carbocycles. The van der Waals surface area contributed by atoms with Gasteiger partial charge in [-0.05, 0) is 41.7 Å². The molecule has 1 heterocycles. The summed E-state index contributed by atoms with van der Waals surface area (Å²) in [5, 5.41) is 9.46. The van der Waals surface area contributed by atoms with Crippen LogP contribution in [0.1, 0.15) is 24.8 Å². The van der Waals surface area contributed by atoms with E-state index in [0.29, 0.717) is 16.5 Å². The molecule has 0 radical (unpaired) electrons. The van der Waals surface area contributed by atoms with Gasteiger partial charge >= 0.3 is 5.97 Å². The second-order valence-corrected chi connectivity index (χ2v) is 6.77. The van der Waals surface area contributed by atoms with E-state index in [0.717, 1.165) is 29.9 Å². The summed E-state index contributed by atoms with van der Waals surface area (Å²) < 4.78 is 10.6. The van der Waals surface area contributed by atoms with Crippen molar-refractivity contribution in [3.05, 3.63) is 22.7 Å². The number of ether oxygens (including phenoxy) is 2. The number of benzene rings is 1. The zero-order valence-electron chi connectivity index (χ0n) is 10.9. The normalized spacial score (nSPS) is 18.1. The lowest BCUT2D eigenvalue weighted by Gasteiger charge is -2.12. The van der Waals surface area contributed by atoms with E-state index >= 15 is 0 Å². The van der Waals surface area contributed by atoms with E-state index in [1.54, 1.807) is 11.8 Å². The summed E-state index contributed by atoms with van der Waals surface area (Å²) in [4.78, 5) is 10.8. The average molecular weight is 315 g/mol. The summed E-state index contributed by atoms with van der Waals surface area (Å²) in [6, 6.07) is 3.83. The lowest BCUT2D eigenvalue weighted by molar-refractivity contribution is -0.138. The second-order valence-electron chi connectivity index (χ2n) is 5.37. The number of hydrogen-bond donors (Lipinski definition) is 1. The zero-order valence-corrected chi connectivity index (χ0v) is 12.4. The third-order valence-corrected chi connectivity index (χ3v) is 5.28. The van der Waals surface area contributed by atoms with Gasteiger partial charge < -0.3 is 14.6 Å². The smallest absolute Gasteiger partial charge is 0.303 e. The summed E-state index contributed by atoms with van der Waals surface area (Å²) >= 11 is 7.89. The predicted molar refractivity (Wildman–Crippen MR) is 77.7 cm³/mol. The van der Waals surface area contributed by atoms with Crippen LogP contribution in [-0.2, 0) is 10.5 Å². The first-order valence-electron chi connectivity index (χ1n) is 6.46. The van der Waals surface area contributed by atoms with E-state index in [1.165, 1.54) is 0 Å². The highest BCUT2D eigenvalue weighted by Crippen LogP contribution is 2.51. The molecule has 0 amide bonds. The number of carbonyl (C=O) groups is 1. The van der Waals surface area contributed by atoms with Crippen molar-refractivity contribution in [2.45, 2.75) is 25.0 Å². The number of carboxylic acids is 1. The molecule has 0 atom stereocenters. The van der Waals surface area contributed by atoms with Gasteiger partial charge in [-0.2, -0.15) is 11.8 Å². The minimum Gasteiger partial charge on any atom is -0.481 e. The third-order valence-electron chi connectivity index (χ3n) is 3.65. The highest BCUT2D eigenvalue weighted by molar-refractivity contribution is 7.98. The highest BCUT2D eigenvalue weighted by Gasteiger charge is 2.44. The largest absolute Gasteiger partial charge is 0.481 e.